The molecule has 0 aliphatic carbocycles. The second kappa shape index (κ2) is 5.81. The molecule has 106 valence electrons. The van der Waals surface area contributed by atoms with Gasteiger partial charge < -0.3 is 9.47 Å². The van der Waals surface area contributed by atoms with Crippen LogP contribution in [-0.4, -0.2) is 7.11 Å². The van der Waals surface area contributed by atoms with E-state index in [1.165, 1.54) is 7.11 Å². The lowest BCUT2D eigenvalue weighted by Crippen LogP contribution is -2.04. The van der Waals surface area contributed by atoms with Gasteiger partial charge in [0.25, 0.3) is 0 Å². The van der Waals surface area contributed by atoms with Crippen molar-refractivity contribution in [2.45, 2.75) is 6.61 Å². The maximum atomic E-state index is 13.4. The molecule has 0 amide bonds. The molecule has 2 aromatic rings. The Morgan fingerprint density at radius 2 is 1.60 bits per heavy atom. The molecule has 2 rings (SSSR count). The standard InChI is InChI=1S/C14H10F4O2/c1-19-9-4-2-3-8(5-9)7-20-14-12(17)10(15)6-11(16)13(14)18/h2-6H,7H2,1H3. The zero-order valence-electron chi connectivity index (χ0n) is 10.4. The molecule has 0 unspecified atom stereocenters. The summed E-state index contributed by atoms with van der Waals surface area (Å²) in [6.45, 7) is -0.256. The summed E-state index contributed by atoms with van der Waals surface area (Å²) in [4.78, 5) is 0. The molecular formula is C14H10F4O2. The van der Waals surface area contributed by atoms with E-state index in [1.54, 1.807) is 24.3 Å². The molecule has 0 radical (unpaired) electrons. The topological polar surface area (TPSA) is 18.5 Å². The van der Waals surface area contributed by atoms with Crippen LogP contribution in [0.25, 0.3) is 0 Å². The molecule has 20 heavy (non-hydrogen) atoms. The number of ether oxygens (including phenoxy) is 2. The molecule has 0 heterocycles. The van der Waals surface area contributed by atoms with Crippen molar-refractivity contribution in [2.24, 2.45) is 0 Å². The molecule has 0 saturated heterocycles. The average molecular weight is 286 g/mol. The van der Waals surface area contributed by atoms with Gasteiger partial charge in [0.1, 0.15) is 12.4 Å². The van der Waals surface area contributed by atoms with Crippen molar-refractivity contribution >= 4 is 0 Å². The maximum absolute atomic E-state index is 13.4. The maximum Gasteiger partial charge on any atom is 0.203 e. The molecular weight excluding hydrogens is 276 g/mol. The quantitative estimate of drug-likeness (QED) is 0.628. The highest BCUT2D eigenvalue weighted by Gasteiger charge is 2.20. The summed E-state index contributed by atoms with van der Waals surface area (Å²) in [7, 11) is 1.46. The lowest BCUT2D eigenvalue weighted by atomic mass is 10.2. The first-order valence-corrected chi connectivity index (χ1v) is 5.61. The highest BCUT2D eigenvalue weighted by atomic mass is 19.2. The van der Waals surface area contributed by atoms with Crippen molar-refractivity contribution in [2.75, 3.05) is 7.11 Å². The molecule has 0 aliphatic heterocycles. The van der Waals surface area contributed by atoms with Crippen LogP contribution in [0.1, 0.15) is 5.56 Å². The Morgan fingerprint density at radius 1 is 0.950 bits per heavy atom. The minimum Gasteiger partial charge on any atom is -0.497 e. The molecule has 0 atom stereocenters. The van der Waals surface area contributed by atoms with Crippen molar-refractivity contribution in [1.82, 2.24) is 0 Å². The Hall–Kier alpha value is -2.24. The van der Waals surface area contributed by atoms with E-state index in [2.05, 4.69) is 0 Å². The normalized spacial score (nSPS) is 10.4. The summed E-state index contributed by atoms with van der Waals surface area (Å²) in [6, 6.07) is 6.64. The first-order chi connectivity index (χ1) is 9.52. The van der Waals surface area contributed by atoms with Crippen molar-refractivity contribution < 1.29 is 27.0 Å². The predicted molar refractivity (Wildman–Crippen MR) is 63.6 cm³/mol. The third-order valence-corrected chi connectivity index (χ3v) is 2.59. The van der Waals surface area contributed by atoms with E-state index in [-0.39, 0.29) is 12.7 Å². The van der Waals surface area contributed by atoms with E-state index in [1.807, 2.05) is 0 Å². The second-order valence-electron chi connectivity index (χ2n) is 3.94. The zero-order valence-corrected chi connectivity index (χ0v) is 10.4. The van der Waals surface area contributed by atoms with Gasteiger partial charge in [-0.1, -0.05) is 12.1 Å². The first-order valence-electron chi connectivity index (χ1n) is 5.61. The van der Waals surface area contributed by atoms with Crippen LogP contribution in [0.3, 0.4) is 0 Å². The summed E-state index contributed by atoms with van der Waals surface area (Å²) in [5, 5.41) is 0. The van der Waals surface area contributed by atoms with Crippen LogP contribution < -0.4 is 9.47 Å². The molecule has 0 saturated carbocycles. The van der Waals surface area contributed by atoms with Gasteiger partial charge in [-0.2, -0.15) is 8.78 Å². The summed E-state index contributed by atoms with van der Waals surface area (Å²) in [6.07, 6.45) is 0. The third kappa shape index (κ3) is 2.84. The highest BCUT2D eigenvalue weighted by molar-refractivity contribution is 5.31. The van der Waals surface area contributed by atoms with Gasteiger partial charge in [0.05, 0.1) is 7.11 Å². The Labute approximate surface area is 112 Å². The van der Waals surface area contributed by atoms with E-state index in [4.69, 9.17) is 9.47 Å². The summed E-state index contributed by atoms with van der Waals surface area (Å²) >= 11 is 0. The van der Waals surface area contributed by atoms with Crippen molar-refractivity contribution in [3.05, 3.63) is 59.2 Å². The zero-order chi connectivity index (χ0) is 14.7. The van der Waals surface area contributed by atoms with Crippen LogP contribution in [0.2, 0.25) is 0 Å². The monoisotopic (exact) mass is 286 g/mol. The fourth-order valence-corrected chi connectivity index (χ4v) is 1.60. The van der Waals surface area contributed by atoms with Gasteiger partial charge in [-0.05, 0) is 17.7 Å². The van der Waals surface area contributed by atoms with Gasteiger partial charge >= 0.3 is 0 Å². The Bertz CT molecular complexity index is 603. The molecule has 2 nitrogen and oxygen atoms in total. The highest BCUT2D eigenvalue weighted by Crippen LogP contribution is 2.27. The average Bonchev–Trinajstić information content (AvgIpc) is 2.45. The van der Waals surface area contributed by atoms with E-state index < -0.39 is 29.0 Å². The van der Waals surface area contributed by atoms with Crippen molar-refractivity contribution in [3.63, 3.8) is 0 Å². The first kappa shape index (κ1) is 14.2. The van der Waals surface area contributed by atoms with Gasteiger partial charge in [0.15, 0.2) is 17.4 Å². The van der Waals surface area contributed by atoms with E-state index >= 15 is 0 Å². The fraction of sp³-hybridized carbons (Fsp3) is 0.143. The number of hydrogen-bond acceptors (Lipinski definition) is 2. The Balaban J connectivity index is 2.22. The fourth-order valence-electron chi connectivity index (χ4n) is 1.60. The van der Waals surface area contributed by atoms with Crippen LogP contribution >= 0.6 is 0 Å². The Kier molecular flexibility index (Phi) is 4.12. The number of methoxy groups -OCH3 is 1. The predicted octanol–water partition coefficient (Wildman–Crippen LogP) is 3.83. The number of hydrogen-bond donors (Lipinski definition) is 0. The lowest BCUT2D eigenvalue weighted by Gasteiger charge is -2.10. The SMILES string of the molecule is COc1cccc(COc2c(F)c(F)cc(F)c2F)c1. The van der Waals surface area contributed by atoms with E-state index in [0.717, 1.165) is 0 Å². The van der Waals surface area contributed by atoms with Gasteiger partial charge in [-0.25, -0.2) is 8.78 Å². The smallest absolute Gasteiger partial charge is 0.203 e. The van der Waals surface area contributed by atoms with Crippen LogP contribution in [0.5, 0.6) is 11.5 Å². The second-order valence-corrected chi connectivity index (χ2v) is 3.94. The third-order valence-electron chi connectivity index (χ3n) is 2.59. The Morgan fingerprint density at radius 3 is 2.20 bits per heavy atom. The number of benzene rings is 2. The van der Waals surface area contributed by atoms with E-state index in [9.17, 15) is 17.6 Å². The van der Waals surface area contributed by atoms with Crippen molar-refractivity contribution in [3.8, 4) is 11.5 Å². The van der Waals surface area contributed by atoms with Gasteiger partial charge in [0.2, 0.25) is 11.6 Å². The molecule has 2 aromatic carbocycles. The van der Waals surface area contributed by atoms with Crippen molar-refractivity contribution in [1.29, 1.82) is 0 Å². The van der Waals surface area contributed by atoms with Gasteiger partial charge in [-0.15, -0.1) is 0 Å². The number of rotatable bonds is 4. The summed E-state index contributed by atoms with van der Waals surface area (Å²) in [5.74, 6) is -6.70. The summed E-state index contributed by atoms with van der Waals surface area (Å²) in [5.41, 5.74) is 0.535. The minimum absolute atomic E-state index is 0.128. The molecule has 0 aliphatic rings. The lowest BCUT2D eigenvalue weighted by molar-refractivity contribution is 0.261. The molecule has 0 aromatic heterocycles. The molecule has 0 fully saturated rings. The largest absolute Gasteiger partial charge is 0.497 e. The van der Waals surface area contributed by atoms with Gasteiger partial charge in [-0.3, -0.25) is 0 Å². The van der Waals surface area contributed by atoms with Crippen LogP contribution in [0.15, 0.2) is 30.3 Å². The molecule has 6 heteroatoms. The van der Waals surface area contributed by atoms with Crippen LogP contribution in [0.4, 0.5) is 17.6 Å². The van der Waals surface area contributed by atoms with E-state index in [0.29, 0.717) is 11.3 Å². The van der Waals surface area contributed by atoms with Gasteiger partial charge in [0, 0.05) is 6.07 Å². The molecule has 0 N–H and O–H groups in total. The summed E-state index contributed by atoms with van der Waals surface area (Å²) < 4.78 is 62.5. The van der Waals surface area contributed by atoms with Crippen LogP contribution in [0, 0.1) is 23.3 Å². The molecule has 0 spiro atoms. The minimum atomic E-state index is -1.56. The molecule has 0 bridgehead atoms. The number of halogens is 4. The van der Waals surface area contributed by atoms with Crippen LogP contribution in [-0.2, 0) is 6.61 Å².